The van der Waals surface area contributed by atoms with Gasteiger partial charge in [0.05, 0.1) is 6.54 Å². The number of aliphatic hydroxyl groups is 1. The number of urea groups is 1. The Balaban J connectivity index is 1.95. The molecule has 0 fully saturated rings. The summed E-state index contributed by atoms with van der Waals surface area (Å²) < 4.78 is 9.98. The molecule has 2 aromatic heterocycles. The number of anilines is 1. The second-order valence-corrected chi connectivity index (χ2v) is 4.79. The average Bonchev–Trinajstić information content (AvgIpc) is 2.97. The molecule has 7 heteroatoms. The summed E-state index contributed by atoms with van der Waals surface area (Å²) in [6.45, 7) is 5.22. The zero-order valence-corrected chi connectivity index (χ0v) is 11.6. The molecule has 0 bridgehead atoms. The minimum Gasteiger partial charge on any atom is -0.466 e. The van der Waals surface area contributed by atoms with Gasteiger partial charge in [0.2, 0.25) is 0 Å². The van der Waals surface area contributed by atoms with Crippen LogP contribution >= 0.6 is 0 Å². The first-order valence-corrected chi connectivity index (χ1v) is 6.13. The molecule has 0 spiro atoms. The Morgan fingerprint density at radius 1 is 1.50 bits per heavy atom. The molecule has 2 heterocycles. The number of nitrogens with zero attached hydrogens (tertiary/aromatic N) is 1. The first-order valence-electron chi connectivity index (χ1n) is 6.13. The number of furan rings is 1. The SMILES string of the molecule is Cc1cc(C(C)(O)CNC(=O)Nc2ccon2)c(C)o1. The van der Waals surface area contributed by atoms with Crippen molar-refractivity contribution in [3.63, 3.8) is 0 Å². The van der Waals surface area contributed by atoms with Gasteiger partial charge in [-0.1, -0.05) is 5.16 Å². The lowest BCUT2D eigenvalue weighted by Crippen LogP contribution is -2.40. The quantitative estimate of drug-likeness (QED) is 0.793. The Hall–Kier alpha value is -2.28. The van der Waals surface area contributed by atoms with Crippen LogP contribution in [0.15, 0.2) is 27.3 Å². The Morgan fingerprint density at radius 2 is 2.25 bits per heavy atom. The molecule has 20 heavy (non-hydrogen) atoms. The molecule has 2 aromatic rings. The summed E-state index contributed by atoms with van der Waals surface area (Å²) in [6.07, 6.45) is 1.35. The minimum absolute atomic E-state index is 0.0382. The summed E-state index contributed by atoms with van der Waals surface area (Å²) in [6, 6.07) is 2.80. The molecule has 0 aromatic carbocycles. The van der Waals surface area contributed by atoms with E-state index < -0.39 is 11.6 Å². The largest absolute Gasteiger partial charge is 0.466 e. The highest BCUT2D eigenvalue weighted by Gasteiger charge is 2.28. The maximum absolute atomic E-state index is 11.6. The Morgan fingerprint density at radius 3 is 2.80 bits per heavy atom. The third-order valence-electron chi connectivity index (χ3n) is 2.89. The number of aryl methyl sites for hydroxylation is 2. The third-order valence-corrected chi connectivity index (χ3v) is 2.89. The molecule has 0 aliphatic carbocycles. The first-order chi connectivity index (χ1) is 9.38. The van der Waals surface area contributed by atoms with Crippen molar-refractivity contribution in [1.29, 1.82) is 0 Å². The van der Waals surface area contributed by atoms with E-state index in [2.05, 4.69) is 20.3 Å². The van der Waals surface area contributed by atoms with Crippen molar-refractivity contribution in [2.45, 2.75) is 26.4 Å². The first kappa shape index (κ1) is 14.1. The van der Waals surface area contributed by atoms with E-state index in [1.807, 2.05) is 0 Å². The fraction of sp³-hybridized carbons (Fsp3) is 0.385. The van der Waals surface area contributed by atoms with Crippen LogP contribution in [0.5, 0.6) is 0 Å². The predicted octanol–water partition coefficient (Wildman–Crippen LogP) is 1.91. The van der Waals surface area contributed by atoms with Crippen molar-refractivity contribution in [2.75, 3.05) is 11.9 Å². The van der Waals surface area contributed by atoms with E-state index in [1.165, 1.54) is 12.3 Å². The summed E-state index contributed by atoms with van der Waals surface area (Å²) in [4.78, 5) is 11.6. The van der Waals surface area contributed by atoms with Crippen LogP contribution in [0.1, 0.15) is 24.0 Å². The van der Waals surface area contributed by atoms with Gasteiger partial charge in [0.1, 0.15) is 23.4 Å². The van der Waals surface area contributed by atoms with Crippen LogP contribution < -0.4 is 10.6 Å². The normalized spacial score (nSPS) is 13.8. The maximum atomic E-state index is 11.6. The van der Waals surface area contributed by atoms with E-state index >= 15 is 0 Å². The number of carbonyl (C=O) groups excluding carboxylic acids is 1. The van der Waals surface area contributed by atoms with Gasteiger partial charge < -0.3 is 19.4 Å². The van der Waals surface area contributed by atoms with E-state index in [0.717, 1.165) is 0 Å². The molecule has 2 amide bonds. The summed E-state index contributed by atoms with van der Waals surface area (Å²) in [5.74, 6) is 1.65. The molecule has 0 saturated carbocycles. The van der Waals surface area contributed by atoms with Gasteiger partial charge in [0, 0.05) is 11.6 Å². The molecule has 1 unspecified atom stereocenters. The van der Waals surface area contributed by atoms with Crippen molar-refractivity contribution in [2.24, 2.45) is 0 Å². The maximum Gasteiger partial charge on any atom is 0.320 e. The summed E-state index contributed by atoms with van der Waals surface area (Å²) in [5.41, 5.74) is -0.569. The van der Waals surface area contributed by atoms with E-state index in [0.29, 0.717) is 22.9 Å². The smallest absolute Gasteiger partial charge is 0.320 e. The van der Waals surface area contributed by atoms with Gasteiger partial charge in [-0.2, -0.15) is 0 Å². The average molecular weight is 279 g/mol. The molecule has 0 radical (unpaired) electrons. The molecule has 7 nitrogen and oxygen atoms in total. The van der Waals surface area contributed by atoms with Crippen LogP contribution in [-0.4, -0.2) is 22.8 Å². The van der Waals surface area contributed by atoms with E-state index in [9.17, 15) is 9.90 Å². The predicted molar refractivity (Wildman–Crippen MR) is 71.3 cm³/mol. The molecule has 2 rings (SSSR count). The monoisotopic (exact) mass is 279 g/mol. The lowest BCUT2D eigenvalue weighted by atomic mass is 9.96. The highest BCUT2D eigenvalue weighted by atomic mass is 16.5. The fourth-order valence-electron chi connectivity index (χ4n) is 1.95. The van der Waals surface area contributed by atoms with Crippen LogP contribution in [0.4, 0.5) is 10.6 Å². The standard InChI is InChI=1S/C13H17N3O4/c1-8-6-10(9(2)20-8)13(3,18)7-14-12(17)15-11-4-5-19-16-11/h4-6,18H,7H2,1-3H3,(H2,14,15,16,17). The summed E-state index contributed by atoms with van der Waals surface area (Å²) >= 11 is 0. The third kappa shape index (κ3) is 3.18. The number of aromatic nitrogens is 1. The second-order valence-electron chi connectivity index (χ2n) is 4.79. The van der Waals surface area contributed by atoms with Gasteiger partial charge >= 0.3 is 6.03 Å². The molecule has 3 N–H and O–H groups in total. The number of carbonyl (C=O) groups is 1. The molecule has 0 aliphatic heterocycles. The number of nitrogens with one attached hydrogen (secondary N) is 2. The van der Waals surface area contributed by atoms with Crippen molar-refractivity contribution >= 4 is 11.8 Å². The Labute approximate surface area is 115 Å². The Kier molecular flexibility index (Phi) is 3.80. The van der Waals surface area contributed by atoms with Crippen molar-refractivity contribution in [3.05, 3.63) is 35.5 Å². The lowest BCUT2D eigenvalue weighted by molar-refractivity contribution is 0.0584. The van der Waals surface area contributed by atoms with Crippen LogP contribution in [0, 0.1) is 13.8 Å². The molecule has 1 atom stereocenters. The van der Waals surface area contributed by atoms with Gasteiger partial charge in [-0.05, 0) is 26.8 Å². The molecular formula is C13H17N3O4. The van der Waals surface area contributed by atoms with Crippen molar-refractivity contribution in [1.82, 2.24) is 10.5 Å². The highest BCUT2D eigenvalue weighted by Crippen LogP contribution is 2.26. The topological polar surface area (TPSA) is 101 Å². The van der Waals surface area contributed by atoms with Gasteiger partial charge in [-0.3, -0.25) is 5.32 Å². The van der Waals surface area contributed by atoms with E-state index in [1.54, 1.807) is 26.8 Å². The zero-order chi connectivity index (χ0) is 14.8. The van der Waals surface area contributed by atoms with E-state index in [-0.39, 0.29) is 6.54 Å². The highest BCUT2D eigenvalue weighted by molar-refractivity contribution is 5.88. The number of hydrogen-bond acceptors (Lipinski definition) is 5. The lowest BCUT2D eigenvalue weighted by Gasteiger charge is -2.23. The number of amides is 2. The van der Waals surface area contributed by atoms with Crippen LogP contribution in [0.3, 0.4) is 0 Å². The van der Waals surface area contributed by atoms with Crippen molar-refractivity contribution < 1.29 is 18.8 Å². The van der Waals surface area contributed by atoms with Gasteiger partial charge in [-0.25, -0.2) is 4.79 Å². The minimum atomic E-state index is -1.22. The zero-order valence-electron chi connectivity index (χ0n) is 11.6. The number of hydrogen-bond donors (Lipinski definition) is 3. The van der Waals surface area contributed by atoms with E-state index in [4.69, 9.17) is 4.42 Å². The van der Waals surface area contributed by atoms with Gasteiger partial charge in [0.15, 0.2) is 5.82 Å². The van der Waals surface area contributed by atoms with Crippen LogP contribution in [0.2, 0.25) is 0 Å². The number of rotatable bonds is 4. The molecule has 0 saturated heterocycles. The van der Waals surface area contributed by atoms with Crippen LogP contribution in [0.25, 0.3) is 0 Å². The molecular weight excluding hydrogens is 262 g/mol. The van der Waals surface area contributed by atoms with Crippen molar-refractivity contribution in [3.8, 4) is 0 Å². The molecule has 0 aliphatic rings. The summed E-state index contributed by atoms with van der Waals surface area (Å²) in [7, 11) is 0. The van der Waals surface area contributed by atoms with Gasteiger partial charge in [0.25, 0.3) is 0 Å². The van der Waals surface area contributed by atoms with Gasteiger partial charge in [-0.15, -0.1) is 0 Å². The Bertz CT molecular complexity index is 587. The summed E-state index contributed by atoms with van der Waals surface area (Å²) in [5, 5.41) is 19.0. The van der Waals surface area contributed by atoms with Crippen LogP contribution in [-0.2, 0) is 5.60 Å². The fourth-order valence-corrected chi connectivity index (χ4v) is 1.95. The second kappa shape index (κ2) is 5.38. The molecule has 108 valence electrons.